The number of ether oxygens (including phenoxy) is 1. The molecule has 0 aliphatic heterocycles. The van der Waals surface area contributed by atoms with Gasteiger partial charge >= 0.3 is 11.8 Å². The Morgan fingerprint density at radius 3 is 2.47 bits per heavy atom. The van der Waals surface area contributed by atoms with Gasteiger partial charge in [-0.2, -0.15) is 0 Å². The van der Waals surface area contributed by atoms with Crippen molar-refractivity contribution in [2.24, 2.45) is 19.3 Å². The molecule has 0 fully saturated rings. The summed E-state index contributed by atoms with van der Waals surface area (Å²) in [5.41, 5.74) is 2.26. The summed E-state index contributed by atoms with van der Waals surface area (Å²) < 4.78 is 6.26. The van der Waals surface area contributed by atoms with Crippen LogP contribution in [0.3, 0.4) is 0 Å². The van der Waals surface area contributed by atoms with Crippen LogP contribution in [0.5, 0.6) is 0 Å². The van der Waals surface area contributed by atoms with Crippen LogP contribution < -0.4 is 22.1 Å². The summed E-state index contributed by atoms with van der Waals surface area (Å²) in [6.45, 7) is 1.74. The van der Waals surface area contributed by atoms with Crippen LogP contribution in [0.25, 0.3) is 0 Å². The first-order valence-electron chi connectivity index (χ1n) is 5.26. The van der Waals surface area contributed by atoms with E-state index in [1.54, 1.807) is 6.92 Å². The Morgan fingerprint density at radius 1 is 1.32 bits per heavy atom. The van der Waals surface area contributed by atoms with Crippen molar-refractivity contribution in [2.45, 2.75) is 6.92 Å². The fourth-order valence-corrected chi connectivity index (χ4v) is 1.33. The first-order valence-corrected chi connectivity index (χ1v) is 5.26. The SMILES string of the molecule is CCOC(=O)NNc1c(N=O)c(=O)n(C)c(=O)n1C. The van der Waals surface area contributed by atoms with Gasteiger partial charge in [0, 0.05) is 14.1 Å². The van der Waals surface area contributed by atoms with Crippen molar-refractivity contribution in [3.8, 4) is 0 Å². The van der Waals surface area contributed by atoms with Gasteiger partial charge in [0.15, 0.2) is 5.82 Å². The van der Waals surface area contributed by atoms with Crippen molar-refractivity contribution in [1.29, 1.82) is 0 Å². The van der Waals surface area contributed by atoms with Crippen LogP contribution in [0.2, 0.25) is 0 Å². The second-order valence-corrected chi connectivity index (χ2v) is 3.46. The smallest absolute Gasteiger partial charge is 0.425 e. The minimum Gasteiger partial charge on any atom is -0.449 e. The molecule has 19 heavy (non-hydrogen) atoms. The van der Waals surface area contributed by atoms with Crippen molar-refractivity contribution < 1.29 is 9.53 Å². The van der Waals surface area contributed by atoms with E-state index in [1.165, 1.54) is 14.1 Å². The maximum Gasteiger partial charge on any atom is 0.425 e. The summed E-state index contributed by atoms with van der Waals surface area (Å²) in [6, 6.07) is 0. The first kappa shape index (κ1) is 14.4. The Balaban J connectivity index is 3.20. The molecule has 1 aromatic rings. The summed E-state index contributed by atoms with van der Waals surface area (Å²) in [5.74, 6) is -0.226. The van der Waals surface area contributed by atoms with Crippen LogP contribution in [0.4, 0.5) is 16.3 Å². The van der Waals surface area contributed by atoms with E-state index in [2.05, 4.69) is 20.8 Å². The molecule has 1 rings (SSSR count). The number of anilines is 1. The fraction of sp³-hybridized carbons (Fsp3) is 0.444. The number of amides is 1. The third-order valence-electron chi connectivity index (χ3n) is 2.29. The Hall–Kier alpha value is -2.65. The van der Waals surface area contributed by atoms with Gasteiger partial charge in [-0.3, -0.25) is 19.4 Å². The van der Waals surface area contributed by atoms with Gasteiger partial charge in [-0.25, -0.2) is 15.0 Å². The van der Waals surface area contributed by atoms with Crippen LogP contribution in [0.15, 0.2) is 14.8 Å². The zero-order valence-electron chi connectivity index (χ0n) is 10.6. The van der Waals surface area contributed by atoms with Gasteiger partial charge < -0.3 is 4.74 Å². The van der Waals surface area contributed by atoms with E-state index in [-0.39, 0.29) is 12.4 Å². The number of hydrogen-bond acceptors (Lipinski definition) is 7. The minimum absolute atomic E-state index is 0.141. The molecule has 10 heteroatoms. The molecular formula is C9H13N5O5. The Bertz CT molecular complexity index is 617. The molecule has 0 radical (unpaired) electrons. The zero-order valence-corrected chi connectivity index (χ0v) is 10.6. The second kappa shape index (κ2) is 5.80. The van der Waals surface area contributed by atoms with E-state index in [9.17, 15) is 19.3 Å². The molecule has 0 bridgehead atoms. The number of aromatic nitrogens is 2. The van der Waals surface area contributed by atoms with Gasteiger partial charge in [0.1, 0.15) is 0 Å². The molecule has 1 amide bonds. The fourth-order valence-electron chi connectivity index (χ4n) is 1.33. The van der Waals surface area contributed by atoms with Crippen molar-refractivity contribution in [3.05, 3.63) is 25.7 Å². The highest BCUT2D eigenvalue weighted by molar-refractivity contribution is 5.70. The lowest BCUT2D eigenvalue weighted by Gasteiger charge is -2.13. The quantitative estimate of drug-likeness (QED) is 0.565. The Labute approximate surface area is 106 Å². The highest BCUT2D eigenvalue weighted by atomic mass is 16.5. The molecule has 0 aliphatic rings. The predicted molar refractivity (Wildman–Crippen MR) is 66.2 cm³/mol. The average molecular weight is 271 g/mol. The summed E-state index contributed by atoms with van der Waals surface area (Å²) in [5, 5.41) is 2.56. The molecule has 0 unspecified atom stereocenters. The van der Waals surface area contributed by atoms with Crippen LogP contribution in [0.1, 0.15) is 6.92 Å². The van der Waals surface area contributed by atoms with Gasteiger partial charge in [0.05, 0.1) is 6.61 Å². The molecular weight excluding hydrogens is 258 g/mol. The molecule has 10 nitrogen and oxygen atoms in total. The number of hydrazine groups is 1. The normalized spacial score (nSPS) is 9.84. The number of hydrogen-bond donors (Lipinski definition) is 2. The van der Waals surface area contributed by atoms with Gasteiger partial charge in [-0.1, -0.05) is 0 Å². The van der Waals surface area contributed by atoms with Crippen LogP contribution in [0, 0.1) is 4.91 Å². The third kappa shape index (κ3) is 2.78. The van der Waals surface area contributed by atoms with E-state index >= 15 is 0 Å². The molecule has 0 saturated heterocycles. The van der Waals surface area contributed by atoms with E-state index in [0.717, 1.165) is 9.13 Å². The standard InChI is InChI=1S/C9H13N5O5/c1-4-19-8(16)11-10-6-5(12-18)7(15)14(3)9(17)13(6)2/h10H,4H2,1-3H3,(H,11,16). The van der Waals surface area contributed by atoms with Crippen LogP contribution in [-0.4, -0.2) is 21.8 Å². The summed E-state index contributed by atoms with van der Waals surface area (Å²) >= 11 is 0. The largest absolute Gasteiger partial charge is 0.449 e. The topological polar surface area (TPSA) is 124 Å². The summed E-state index contributed by atoms with van der Waals surface area (Å²) in [4.78, 5) is 45.0. The molecule has 0 spiro atoms. The number of nitrogens with zero attached hydrogens (tertiary/aromatic N) is 3. The van der Waals surface area contributed by atoms with E-state index in [0.29, 0.717) is 0 Å². The molecule has 104 valence electrons. The molecule has 0 aromatic carbocycles. The number of nitroso groups, excluding NO2 is 1. The van der Waals surface area contributed by atoms with E-state index < -0.39 is 23.0 Å². The minimum atomic E-state index is -0.869. The first-order chi connectivity index (χ1) is 8.93. The van der Waals surface area contributed by atoms with E-state index in [1.807, 2.05) is 0 Å². The van der Waals surface area contributed by atoms with E-state index in [4.69, 9.17) is 0 Å². The number of nitrogens with one attached hydrogen (secondary N) is 2. The molecule has 2 N–H and O–H groups in total. The van der Waals surface area contributed by atoms with Crippen molar-refractivity contribution >= 4 is 17.6 Å². The van der Waals surface area contributed by atoms with Crippen molar-refractivity contribution in [1.82, 2.24) is 14.6 Å². The summed E-state index contributed by atoms with van der Waals surface area (Å²) in [7, 11) is 2.52. The third-order valence-corrected chi connectivity index (χ3v) is 2.29. The molecule has 0 atom stereocenters. The lowest BCUT2D eigenvalue weighted by molar-refractivity contribution is 0.154. The highest BCUT2D eigenvalue weighted by Crippen LogP contribution is 2.15. The summed E-state index contributed by atoms with van der Waals surface area (Å²) in [6.07, 6.45) is -0.826. The second-order valence-electron chi connectivity index (χ2n) is 3.46. The number of carbonyl (C=O) groups is 1. The lowest BCUT2D eigenvalue weighted by atomic mass is 10.4. The highest BCUT2D eigenvalue weighted by Gasteiger charge is 2.16. The van der Waals surface area contributed by atoms with Crippen molar-refractivity contribution in [3.63, 3.8) is 0 Å². The zero-order chi connectivity index (χ0) is 14.6. The Kier molecular flexibility index (Phi) is 4.40. The monoisotopic (exact) mass is 271 g/mol. The van der Waals surface area contributed by atoms with Crippen LogP contribution >= 0.6 is 0 Å². The lowest BCUT2D eigenvalue weighted by Crippen LogP contribution is -2.40. The average Bonchev–Trinajstić information content (AvgIpc) is 2.39. The Morgan fingerprint density at radius 2 is 1.95 bits per heavy atom. The van der Waals surface area contributed by atoms with Crippen molar-refractivity contribution in [2.75, 3.05) is 12.0 Å². The van der Waals surface area contributed by atoms with Gasteiger partial charge in [-0.05, 0) is 12.1 Å². The number of carbonyl (C=O) groups excluding carboxylic acids is 1. The molecule has 1 aromatic heterocycles. The molecule has 1 heterocycles. The van der Waals surface area contributed by atoms with Crippen LogP contribution in [-0.2, 0) is 18.8 Å². The maximum atomic E-state index is 11.6. The van der Waals surface area contributed by atoms with Gasteiger partial charge in [0.25, 0.3) is 5.56 Å². The number of rotatable bonds is 4. The predicted octanol–water partition coefficient (Wildman–Crippen LogP) is -0.445. The molecule has 0 aliphatic carbocycles. The molecule has 0 saturated carbocycles. The maximum absolute atomic E-state index is 11.6. The van der Waals surface area contributed by atoms with Gasteiger partial charge in [0.2, 0.25) is 5.69 Å². The van der Waals surface area contributed by atoms with Gasteiger partial charge in [-0.15, -0.1) is 4.91 Å².